The second-order valence-corrected chi connectivity index (χ2v) is 5.88. The highest BCUT2D eigenvalue weighted by molar-refractivity contribution is 6.13. The smallest absolute Gasteiger partial charge is 0.208 e. The van der Waals surface area contributed by atoms with Gasteiger partial charge in [-0.15, -0.1) is 0 Å². The number of hydrogen-bond donors (Lipinski definition) is 1. The van der Waals surface area contributed by atoms with Crippen molar-refractivity contribution in [2.24, 2.45) is 0 Å². The molecular formula is C21H25NO6. The van der Waals surface area contributed by atoms with Crippen molar-refractivity contribution in [3.05, 3.63) is 41.0 Å². The monoisotopic (exact) mass is 387 g/mol. The zero-order chi connectivity index (χ0) is 20.8. The van der Waals surface area contributed by atoms with Gasteiger partial charge in [0.05, 0.1) is 46.8 Å². The lowest BCUT2D eigenvalue weighted by atomic mass is 10.00. The predicted molar refractivity (Wildman–Crippen MR) is 108 cm³/mol. The summed E-state index contributed by atoms with van der Waals surface area (Å²) in [5.41, 5.74) is 7.93. The Kier molecular flexibility index (Phi) is 6.76. The Morgan fingerprint density at radius 1 is 0.821 bits per heavy atom. The molecule has 0 unspecified atom stereocenters. The van der Waals surface area contributed by atoms with E-state index >= 15 is 0 Å². The van der Waals surface area contributed by atoms with Crippen LogP contribution in [0.25, 0.3) is 6.08 Å². The molecule has 0 fully saturated rings. The third-order valence-corrected chi connectivity index (χ3v) is 4.23. The maximum absolute atomic E-state index is 13.1. The number of anilines is 1. The Hall–Kier alpha value is -3.35. The number of benzene rings is 2. The third-order valence-electron chi connectivity index (χ3n) is 4.23. The van der Waals surface area contributed by atoms with Crippen molar-refractivity contribution in [3.63, 3.8) is 0 Å². The summed E-state index contributed by atoms with van der Waals surface area (Å²) in [6, 6.07) is 6.87. The highest BCUT2D eigenvalue weighted by Gasteiger charge is 2.25. The van der Waals surface area contributed by atoms with Crippen LogP contribution in [0, 0.1) is 0 Å². The first-order valence-corrected chi connectivity index (χ1v) is 8.45. The fourth-order valence-corrected chi connectivity index (χ4v) is 2.85. The lowest BCUT2D eigenvalue weighted by Crippen LogP contribution is -2.07. The molecule has 0 aromatic heterocycles. The second kappa shape index (κ2) is 9.03. The van der Waals surface area contributed by atoms with E-state index in [4.69, 9.17) is 29.4 Å². The number of nitrogen functional groups attached to an aromatic ring is 1. The molecule has 0 aliphatic rings. The van der Waals surface area contributed by atoms with E-state index in [0.29, 0.717) is 34.1 Å². The molecule has 0 saturated heterocycles. The van der Waals surface area contributed by atoms with Crippen molar-refractivity contribution in [1.29, 1.82) is 0 Å². The van der Waals surface area contributed by atoms with Gasteiger partial charge in [0.1, 0.15) is 5.75 Å². The minimum Gasteiger partial charge on any atom is -0.495 e. The molecule has 150 valence electrons. The number of carbonyl (C=O) groups is 1. The van der Waals surface area contributed by atoms with Crippen LogP contribution in [-0.2, 0) is 0 Å². The quantitative estimate of drug-likeness (QED) is 0.420. The number of ketones is 1. The number of carbonyl (C=O) groups excluding carboxylic acids is 1. The summed E-state index contributed by atoms with van der Waals surface area (Å²) in [6.07, 6.45) is 1.74. The molecule has 0 saturated carbocycles. The van der Waals surface area contributed by atoms with Crippen LogP contribution in [0.5, 0.6) is 28.7 Å². The number of ether oxygens (including phenoxy) is 5. The van der Waals surface area contributed by atoms with E-state index in [1.54, 1.807) is 37.3 Å². The highest BCUT2D eigenvalue weighted by atomic mass is 16.5. The van der Waals surface area contributed by atoms with E-state index in [2.05, 4.69) is 0 Å². The standard InChI is InChI=1S/C21H25NO6/c1-12(9-13-7-8-15(22)16(10-13)24-2)18(23)14-11-17(25-3)20(27-5)21(28-6)19(14)26-4/h7-11H,22H2,1-6H3. The third kappa shape index (κ3) is 3.98. The van der Waals surface area contributed by atoms with Gasteiger partial charge in [-0.3, -0.25) is 4.79 Å². The summed E-state index contributed by atoms with van der Waals surface area (Å²) >= 11 is 0. The number of Topliss-reactive ketones (excluding diaryl/α,β-unsaturated/α-hetero) is 1. The van der Waals surface area contributed by atoms with E-state index < -0.39 is 0 Å². The van der Waals surface area contributed by atoms with Crippen molar-refractivity contribution in [1.82, 2.24) is 0 Å². The maximum Gasteiger partial charge on any atom is 0.208 e. The van der Waals surface area contributed by atoms with Crippen LogP contribution in [0.4, 0.5) is 5.69 Å². The van der Waals surface area contributed by atoms with Crippen LogP contribution in [0.15, 0.2) is 29.8 Å². The van der Waals surface area contributed by atoms with Gasteiger partial charge in [-0.05, 0) is 42.3 Å². The lowest BCUT2D eigenvalue weighted by molar-refractivity contribution is 0.103. The number of methoxy groups -OCH3 is 5. The molecular weight excluding hydrogens is 362 g/mol. The van der Waals surface area contributed by atoms with E-state index in [9.17, 15) is 4.79 Å². The first kappa shape index (κ1) is 21.0. The summed E-state index contributed by atoms with van der Waals surface area (Å²) in [6.45, 7) is 1.72. The molecule has 2 aromatic carbocycles. The number of rotatable bonds is 8. The van der Waals surface area contributed by atoms with Crippen LogP contribution in [0.3, 0.4) is 0 Å². The largest absolute Gasteiger partial charge is 0.495 e. The molecule has 0 spiro atoms. The van der Waals surface area contributed by atoms with Gasteiger partial charge in [-0.2, -0.15) is 0 Å². The van der Waals surface area contributed by atoms with Crippen molar-refractivity contribution in [2.75, 3.05) is 41.3 Å². The zero-order valence-corrected chi connectivity index (χ0v) is 16.9. The molecule has 2 N–H and O–H groups in total. The summed E-state index contributed by atoms with van der Waals surface area (Å²) in [4.78, 5) is 13.1. The van der Waals surface area contributed by atoms with Gasteiger partial charge in [0, 0.05) is 0 Å². The second-order valence-electron chi connectivity index (χ2n) is 5.88. The normalized spacial score (nSPS) is 11.0. The molecule has 0 amide bonds. The Bertz CT molecular complexity index is 904. The first-order chi connectivity index (χ1) is 13.4. The first-order valence-electron chi connectivity index (χ1n) is 8.45. The van der Waals surface area contributed by atoms with Crippen molar-refractivity contribution < 1.29 is 28.5 Å². The molecule has 28 heavy (non-hydrogen) atoms. The van der Waals surface area contributed by atoms with Crippen molar-refractivity contribution in [3.8, 4) is 28.7 Å². The van der Waals surface area contributed by atoms with Gasteiger partial charge < -0.3 is 29.4 Å². The number of hydrogen-bond acceptors (Lipinski definition) is 7. The van der Waals surface area contributed by atoms with Crippen LogP contribution in [-0.4, -0.2) is 41.3 Å². The Morgan fingerprint density at radius 2 is 1.43 bits per heavy atom. The van der Waals surface area contributed by atoms with Crippen molar-refractivity contribution in [2.45, 2.75) is 6.92 Å². The van der Waals surface area contributed by atoms with E-state index in [0.717, 1.165) is 5.56 Å². The molecule has 0 heterocycles. The summed E-state index contributed by atoms with van der Waals surface area (Å²) in [7, 11) is 7.45. The fourth-order valence-electron chi connectivity index (χ4n) is 2.85. The molecule has 7 nitrogen and oxygen atoms in total. The topological polar surface area (TPSA) is 89.2 Å². The van der Waals surface area contributed by atoms with Crippen LogP contribution < -0.4 is 29.4 Å². The molecule has 0 atom stereocenters. The average Bonchev–Trinajstić information content (AvgIpc) is 2.72. The molecule has 2 aromatic rings. The average molecular weight is 387 g/mol. The van der Waals surface area contributed by atoms with Gasteiger partial charge in [0.2, 0.25) is 11.5 Å². The summed E-state index contributed by atoms with van der Waals surface area (Å²) in [5.74, 6) is 1.57. The summed E-state index contributed by atoms with van der Waals surface area (Å²) in [5, 5.41) is 0. The SMILES string of the molecule is COc1cc(C=C(C)C(=O)c2cc(OC)c(OC)c(OC)c2OC)ccc1N. The summed E-state index contributed by atoms with van der Waals surface area (Å²) < 4.78 is 26.8. The molecule has 0 bridgehead atoms. The molecule has 7 heteroatoms. The lowest BCUT2D eigenvalue weighted by Gasteiger charge is -2.18. The van der Waals surface area contributed by atoms with E-state index in [-0.39, 0.29) is 17.3 Å². The Balaban J connectivity index is 2.56. The minimum atomic E-state index is -0.244. The fraction of sp³-hybridized carbons (Fsp3) is 0.286. The number of nitrogens with two attached hydrogens (primary N) is 1. The molecule has 0 radical (unpaired) electrons. The predicted octanol–water partition coefficient (Wildman–Crippen LogP) is 3.60. The van der Waals surface area contributed by atoms with Gasteiger partial charge in [-0.1, -0.05) is 6.07 Å². The molecule has 0 aliphatic heterocycles. The maximum atomic E-state index is 13.1. The minimum absolute atomic E-state index is 0.244. The van der Waals surface area contributed by atoms with E-state index in [1.807, 2.05) is 0 Å². The van der Waals surface area contributed by atoms with Crippen LogP contribution >= 0.6 is 0 Å². The van der Waals surface area contributed by atoms with Gasteiger partial charge in [0.25, 0.3) is 0 Å². The van der Waals surface area contributed by atoms with Crippen LogP contribution in [0.1, 0.15) is 22.8 Å². The molecule has 0 aliphatic carbocycles. The van der Waals surface area contributed by atoms with Crippen LogP contribution in [0.2, 0.25) is 0 Å². The van der Waals surface area contributed by atoms with E-state index in [1.165, 1.54) is 35.5 Å². The zero-order valence-electron chi connectivity index (χ0n) is 16.9. The Labute approximate surface area is 164 Å². The van der Waals surface area contributed by atoms with Gasteiger partial charge in [0.15, 0.2) is 17.3 Å². The van der Waals surface area contributed by atoms with Gasteiger partial charge >= 0.3 is 0 Å². The van der Waals surface area contributed by atoms with Gasteiger partial charge in [-0.25, -0.2) is 0 Å². The highest BCUT2D eigenvalue weighted by Crippen LogP contribution is 2.47. The Morgan fingerprint density at radius 3 is 1.96 bits per heavy atom. The van der Waals surface area contributed by atoms with Crippen molar-refractivity contribution >= 4 is 17.5 Å². The number of allylic oxidation sites excluding steroid dienone is 1. The molecule has 2 rings (SSSR count).